The highest BCUT2D eigenvalue weighted by Gasteiger charge is 2.30. The summed E-state index contributed by atoms with van der Waals surface area (Å²) in [5.41, 5.74) is 2.32. The van der Waals surface area contributed by atoms with Crippen LogP contribution in [0.2, 0.25) is 0 Å². The lowest BCUT2D eigenvalue weighted by molar-refractivity contribution is -0.892. The van der Waals surface area contributed by atoms with Crippen molar-refractivity contribution < 1.29 is 14.1 Å². The molecule has 3 aromatic rings. The van der Waals surface area contributed by atoms with Crippen LogP contribution in [0.3, 0.4) is 0 Å². The maximum Gasteiger partial charge on any atom is 0.210 e. The van der Waals surface area contributed by atoms with E-state index in [0.29, 0.717) is 23.8 Å². The molecule has 2 heterocycles. The number of nitriles is 1. The molecule has 4 rings (SSSR count). The Bertz CT molecular complexity index is 1100. The second kappa shape index (κ2) is 9.69. The van der Waals surface area contributed by atoms with Gasteiger partial charge < -0.3 is 9.80 Å². The highest BCUT2D eigenvalue weighted by atomic mass is 79.9. The average molecular weight is 500 g/mol. The summed E-state index contributed by atoms with van der Waals surface area (Å²) in [5.74, 6) is -1.20. The number of halogens is 2. The molecule has 31 heavy (non-hydrogen) atoms. The number of nitrogens with one attached hydrogen (secondary N) is 1. The van der Waals surface area contributed by atoms with E-state index in [4.69, 9.17) is 0 Å². The summed E-state index contributed by atoms with van der Waals surface area (Å²) < 4.78 is 15.0. The predicted molar refractivity (Wildman–Crippen MR) is 123 cm³/mol. The summed E-state index contributed by atoms with van der Waals surface area (Å²) in [5, 5.41) is 12.1. The third kappa shape index (κ3) is 5.01. The summed E-state index contributed by atoms with van der Waals surface area (Å²) >= 11 is 4.76. The maximum atomic E-state index is 14.0. The first-order chi connectivity index (χ1) is 15.0. The van der Waals surface area contributed by atoms with Crippen LogP contribution in [0.1, 0.15) is 10.9 Å². The Labute approximate surface area is 192 Å². The van der Waals surface area contributed by atoms with Gasteiger partial charge in [0.15, 0.2) is 5.92 Å². The van der Waals surface area contributed by atoms with Crippen molar-refractivity contribution in [3.8, 4) is 17.3 Å². The van der Waals surface area contributed by atoms with Crippen LogP contribution in [0.25, 0.3) is 11.3 Å². The van der Waals surface area contributed by atoms with Crippen LogP contribution >= 0.6 is 27.3 Å². The van der Waals surface area contributed by atoms with E-state index in [1.807, 2.05) is 40.6 Å². The van der Waals surface area contributed by atoms with Gasteiger partial charge in [-0.15, -0.1) is 11.3 Å². The molecule has 0 saturated carbocycles. The number of thiazole rings is 1. The molecule has 1 aromatic heterocycles. The zero-order chi connectivity index (χ0) is 21.8. The number of nitrogens with zero attached hydrogens (tertiary/aromatic N) is 3. The molecule has 1 N–H and O–H groups in total. The third-order valence-corrected chi connectivity index (χ3v) is 6.89. The normalized spacial score (nSPS) is 15.5. The molecule has 1 atom stereocenters. The molecule has 0 aliphatic carbocycles. The van der Waals surface area contributed by atoms with Gasteiger partial charge in [0, 0.05) is 15.4 Å². The molecule has 2 aromatic carbocycles. The van der Waals surface area contributed by atoms with Crippen molar-refractivity contribution in [2.24, 2.45) is 0 Å². The number of benzene rings is 2. The van der Waals surface area contributed by atoms with Gasteiger partial charge in [-0.05, 0) is 24.3 Å². The monoisotopic (exact) mass is 499 g/mol. The summed E-state index contributed by atoms with van der Waals surface area (Å²) in [6.07, 6.45) is 0. The van der Waals surface area contributed by atoms with Crippen molar-refractivity contribution >= 4 is 38.7 Å². The van der Waals surface area contributed by atoms with Gasteiger partial charge in [-0.25, -0.2) is 9.37 Å². The lowest BCUT2D eigenvalue weighted by atomic mass is 10.1. The number of aromatic nitrogens is 1. The average Bonchev–Trinajstić information content (AvgIpc) is 3.25. The fourth-order valence-electron chi connectivity index (χ4n) is 3.74. The minimum Gasteiger partial charge on any atom is -0.358 e. The number of hydrogen-bond acceptors (Lipinski definition) is 5. The second-order valence-electron chi connectivity index (χ2n) is 7.47. The zero-order valence-electron chi connectivity index (χ0n) is 16.7. The number of carbonyl (C=O) groups is 1. The molecular weight excluding hydrogens is 479 g/mol. The summed E-state index contributed by atoms with van der Waals surface area (Å²) in [6.45, 7) is 3.06. The molecule has 0 unspecified atom stereocenters. The lowest BCUT2D eigenvalue weighted by Crippen LogP contribution is -3.15. The van der Waals surface area contributed by atoms with E-state index in [1.54, 1.807) is 12.1 Å². The zero-order valence-corrected chi connectivity index (χ0v) is 19.1. The van der Waals surface area contributed by atoms with Crippen LogP contribution in [0, 0.1) is 17.1 Å². The minimum atomic E-state index is -0.855. The van der Waals surface area contributed by atoms with Gasteiger partial charge in [0.1, 0.15) is 17.4 Å². The van der Waals surface area contributed by atoms with E-state index in [2.05, 4.69) is 27.0 Å². The Balaban J connectivity index is 1.37. The highest BCUT2D eigenvalue weighted by Crippen LogP contribution is 2.27. The summed E-state index contributed by atoms with van der Waals surface area (Å²) in [6, 6.07) is 16.7. The molecule has 0 radical (unpaired) electrons. The van der Waals surface area contributed by atoms with Gasteiger partial charge >= 0.3 is 0 Å². The number of Topliss-reactive ketones (excluding diaryl/α,β-unsaturated/α-hetero) is 1. The Hall–Kier alpha value is -2.60. The Morgan fingerprint density at radius 2 is 1.94 bits per heavy atom. The number of rotatable bonds is 6. The fourth-order valence-corrected chi connectivity index (χ4v) is 4.89. The van der Waals surface area contributed by atoms with Crippen LogP contribution in [-0.2, 0) is 4.79 Å². The van der Waals surface area contributed by atoms with Crippen LogP contribution in [0.15, 0.2) is 58.4 Å². The molecule has 0 spiro atoms. The van der Waals surface area contributed by atoms with E-state index < -0.39 is 5.92 Å². The number of quaternary nitrogens is 1. The highest BCUT2D eigenvalue weighted by molar-refractivity contribution is 9.10. The van der Waals surface area contributed by atoms with Crippen molar-refractivity contribution in [1.82, 2.24) is 4.98 Å². The second-order valence-corrected chi connectivity index (χ2v) is 9.28. The van der Waals surface area contributed by atoms with Crippen LogP contribution in [0.5, 0.6) is 0 Å². The van der Waals surface area contributed by atoms with Crippen molar-refractivity contribution in [2.75, 3.05) is 37.6 Å². The smallest absolute Gasteiger partial charge is 0.210 e. The van der Waals surface area contributed by atoms with E-state index >= 15 is 0 Å². The van der Waals surface area contributed by atoms with E-state index in [1.165, 1.54) is 17.4 Å². The predicted octanol–water partition coefficient (Wildman–Crippen LogP) is 3.29. The molecule has 1 saturated heterocycles. The van der Waals surface area contributed by atoms with Crippen molar-refractivity contribution in [3.63, 3.8) is 0 Å². The fraction of sp³-hybridized carbons (Fsp3) is 0.261. The van der Waals surface area contributed by atoms with Gasteiger partial charge in [0.05, 0.1) is 43.6 Å². The summed E-state index contributed by atoms with van der Waals surface area (Å²) in [7, 11) is 0. The van der Waals surface area contributed by atoms with Crippen molar-refractivity contribution in [2.45, 2.75) is 5.92 Å². The largest absolute Gasteiger partial charge is 0.358 e. The molecule has 0 amide bonds. The van der Waals surface area contributed by atoms with E-state index in [-0.39, 0.29) is 18.1 Å². The van der Waals surface area contributed by atoms with Crippen LogP contribution in [0.4, 0.5) is 10.1 Å². The quantitative estimate of drug-likeness (QED) is 0.565. The molecule has 8 heteroatoms. The number of para-hydroxylation sites is 1. The number of carbonyl (C=O) groups excluding carboxylic acids is 1. The molecular formula is C23H21BrFN4OS+. The van der Waals surface area contributed by atoms with Crippen LogP contribution in [-0.4, -0.2) is 43.5 Å². The Kier molecular flexibility index (Phi) is 6.76. The molecule has 5 nitrogen and oxygen atoms in total. The molecule has 1 aliphatic rings. The maximum absolute atomic E-state index is 14.0. The number of piperazine rings is 1. The number of anilines is 1. The van der Waals surface area contributed by atoms with Gasteiger partial charge in [-0.3, -0.25) is 4.79 Å². The van der Waals surface area contributed by atoms with Gasteiger partial charge in [0.25, 0.3) is 0 Å². The third-order valence-electron chi connectivity index (χ3n) is 5.45. The SMILES string of the molecule is N#C[C@H](C(=O)C[NH+]1CCN(c2ccccc2F)CC1)c1nc(-c2ccc(Br)cc2)cs1. The number of ketones is 1. The topological polar surface area (TPSA) is 61.4 Å². The standard InChI is InChI=1S/C23H20BrFN4OS/c24-17-7-5-16(6-8-17)20-15-31-23(27-20)18(13-26)22(30)14-28-9-11-29(12-10-28)21-4-2-1-3-19(21)25/h1-8,15,18H,9-12,14H2/p+1/t18-/m1/s1. The molecule has 158 valence electrons. The Morgan fingerprint density at radius 1 is 1.23 bits per heavy atom. The van der Waals surface area contributed by atoms with Gasteiger partial charge in [0.2, 0.25) is 5.78 Å². The minimum absolute atomic E-state index is 0.117. The van der Waals surface area contributed by atoms with E-state index in [0.717, 1.165) is 33.7 Å². The van der Waals surface area contributed by atoms with Gasteiger partial charge in [-0.1, -0.05) is 40.2 Å². The molecule has 0 bridgehead atoms. The Morgan fingerprint density at radius 3 is 2.61 bits per heavy atom. The number of hydrogen-bond donors (Lipinski definition) is 1. The van der Waals surface area contributed by atoms with Crippen molar-refractivity contribution in [3.05, 3.63) is 69.2 Å². The first kappa shape index (κ1) is 21.6. The molecule has 1 aliphatic heterocycles. The van der Waals surface area contributed by atoms with Gasteiger partial charge in [-0.2, -0.15) is 5.26 Å². The first-order valence-electron chi connectivity index (χ1n) is 10.0. The lowest BCUT2D eigenvalue weighted by Gasteiger charge is -2.33. The van der Waals surface area contributed by atoms with E-state index in [9.17, 15) is 14.4 Å². The van der Waals surface area contributed by atoms with Crippen LogP contribution < -0.4 is 9.80 Å². The first-order valence-corrected chi connectivity index (χ1v) is 11.7. The summed E-state index contributed by atoms with van der Waals surface area (Å²) in [4.78, 5) is 20.6. The molecule has 1 fully saturated rings. The van der Waals surface area contributed by atoms with Crippen molar-refractivity contribution in [1.29, 1.82) is 5.26 Å².